The first-order chi connectivity index (χ1) is 8.10. The molecule has 1 rings (SSSR count). The predicted octanol–water partition coefficient (Wildman–Crippen LogP) is 1.16. The van der Waals surface area contributed by atoms with Crippen molar-refractivity contribution in [1.29, 1.82) is 0 Å². The molecule has 0 aromatic heterocycles. The highest BCUT2D eigenvalue weighted by Gasteiger charge is 2.30. The lowest BCUT2D eigenvalue weighted by Crippen LogP contribution is -2.14. The van der Waals surface area contributed by atoms with Gasteiger partial charge in [-0.3, -0.25) is 9.59 Å². The zero-order chi connectivity index (χ0) is 12.8. The molecule has 0 N–H and O–H groups in total. The van der Waals surface area contributed by atoms with Gasteiger partial charge in [0.1, 0.15) is 5.57 Å². The smallest absolute Gasteiger partial charge is 0.341 e. The van der Waals surface area contributed by atoms with Gasteiger partial charge in [0.2, 0.25) is 0 Å². The molecule has 0 radical (unpaired) electrons. The molecule has 0 spiro atoms. The number of carbonyl (C=O) groups is 3. The van der Waals surface area contributed by atoms with E-state index in [-0.39, 0.29) is 37.4 Å². The van der Waals surface area contributed by atoms with Crippen LogP contribution in [-0.2, 0) is 23.9 Å². The molecule has 0 aliphatic heterocycles. The number of ketones is 1. The average molecular weight is 240 g/mol. The largest absolute Gasteiger partial charge is 0.466 e. The second kappa shape index (κ2) is 6.18. The van der Waals surface area contributed by atoms with E-state index in [2.05, 4.69) is 0 Å². The molecule has 1 aliphatic carbocycles. The van der Waals surface area contributed by atoms with Crippen molar-refractivity contribution in [3.05, 3.63) is 11.1 Å². The molecule has 0 saturated carbocycles. The molecule has 0 amide bonds. The summed E-state index contributed by atoms with van der Waals surface area (Å²) in [6.45, 7) is 3.87. The zero-order valence-electron chi connectivity index (χ0n) is 10.1. The van der Waals surface area contributed by atoms with Crippen molar-refractivity contribution < 1.29 is 23.9 Å². The molecule has 1 aliphatic rings. The normalized spacial score (nSPS) is 15.1. The summed E-state index contributed by atoms with van der Waals surface area (Å²) in [7, 11) is 0. The third kappa shape index (κ3) is 3.41. The number of esters is 2. The highest BCUT2D eigenvalue weighted by atomic mass is 16.5. The standard InChI is InChI=1S/C12H16O5/c1-3-16-10(14)7-8-5-6-9(13)11(8)12(15)17-4-2/h3-7H2,1-2H3. The number of ether oxygens (including phenoxy) is 2. The van der Waals surface area contributed by atoms with Crippen LogP contribution < -0.4 is 0 Å². The number of rotatable bonds is 5. The fourth-order valence-electron chi connectivity index (χ4n) is 1.74. The van der Waals surface area contributed by atoms with E-state index in [1.165, 1.54) is 0 Å². The minimum absolute atomic E-state index is 0.00622. The van der Waals surface area contributed by atoms with E-state index in [1.54, 1.807) is 13.8 Å². The number of carbonyl (C=O) groups excluding carboxylic acids is 3. The Hall–Kier alpha value is -1.65. The number of hydrogen-bond acceptors (Lipinski definition) is 5. The third-order valence-electron chi connectivity index (χ3n) is 2.43. The first-order valence-electron chi connectivity index (χ1n) is 5.68. The van der Waals surface area contributed by atoms with Crippen molar-refractivity contribution in [2.75, 3.05) is 13.2 Å². The van der Waals surface area contributed by atoms with Gasteiger partial charge in [-0.15, -0.1) is 0 Å². The Morgan fingerprint density at radius 1 is 1.12 bits per heavy atom. The average Bonchev–Trinajstić information content (AvgIpc) is 2.60. The Labute approximate surface area is 99.8 Å². The van der Waals surface area contributed by atoms with Gasteiger partial charge in [-0.1, -0.05) is 0 Å². The molecule has 5 heteroatoms. The van der Waals surface area contributed by atoms with Crippen LogP contribution in [0.25, 0.3) is 0 Å². The van der Waals surface area contributed by atoms with Gasteiger partial charge in [0.05, 0.1) is 19.6 Å². The third-order valence-corrected chi connectivity index (χ3v) is 2.43. The monoisotopic (exact) mass is 240 g/mol. The Kier molecular flexibility index (Phi) is 4.87. The summed E-state index contributed by atoms with van der Waals surface area (Å²) < 4.78 is 9.59. The molecule has 5 nitrogen and oxygen atoms in total. The molecular formula is C12H16O5. The van der Waals surface area contributed by atoms with Gasteiger partial charge in [0.25, 0.3) is 0 Å². The maximum Gasteiger partial charge on any atom is 0.341 e. The highest BCUT2D eigenvalue weighted by Crippen LogP contribution is 2.26. The second-order valence-electron chi connectivity index (χ2n) is 3.60. The number of Topliss-reactive ketones (excluding diaryl/α,β-unsaturated/α-hetero) is 1. The molecular weight excluding hydrogens is 224 g/mol. The summed E-state index contributed by atoms with van der Waals surface area (Å²) in [4.78, 5) is 34.4. The van der Waals surface area contributed by atoms with Gasteiger partial charge in [-0.05, 0) is 25.8 Å². The lowest BCUT2D eigenvalue weighted by molar-refractivity contribution is -0.142. The Morgan fingerprint density at radius 2 is 1.76 bits per heavy atom. The summed E-state index contributed by atoms with van der Waals surface area (Å²) in [6, 6.07) is 0. The van der Waals surface area contributed by atoms with Gasteiger partial charge in [0, 0.05) is 6.42 Å². The van der Waals surface area contributed by atoms with Crippen LogP contribution in [0.1, 0.15) is 33.1 Å². The SMILES string of the molecule is CCOC(=O)CC1=C(C(=O)OCC)C(=O)CC1. The molecule has 0 fully saturated rings. The topological polar surface area (TPSA) is 69.7 Å². The minimum Gasteiger partial charge on any atom is -0.466 e. The van der Waals surface area contributed by atoms with Gasteiger partial charge in [-0.25, -0.2) is 4.79 Å². The molecule has 0 saturated heterocycles. The molecule has 94 valence electrons. The van der Waals surface area contributed by atoms with Gasteiger partial charge < -0.3 is 9.47 Å². The van der Waals surface area contributed by atoms with E-state index in [1.807, 2.05) is 0 Å². The van der Waals surface area contributed by atoms with E-state index in [4.69, 9.17) is 9.47 Å². The van der Waals surface area contributed by atoms with Crippen LogP contribution in [0.2, 0.25) is 0 Å². The van der Waals surface area contributed by atoms with E-state index < -0.39 is 11.9 Å². The minimum atomic E-state index is -0.630. The fraction of sp³-hybridized carbons (Fsp3) is 0.583. The second-order valence-corrected chi connectivity index (χ2v) is 3.60. The summed E-state index contributed by atoms with van der Waals surface area (Å²) >= 11 is 0. The van der Waals surface area contributed by atoms with Gasteiger partial charge in [-0.2, -0.15) is 0 Å². The van der Waals surface area contributed by atoms with Crippen LogP contribution in [0.15, 0.2) is 11.1 Å². The van der Waals surface area contributed by atoms with Crippen LogP contribution in [-0.4, -0.2) is 30.9 Å². The lowest BCUT2D eigenvalue weighted by atomic mass is 10.1. The zero-order valence-corrected chi connectivity index (χ0v) is 10.1. The van der Waals surface area contributed by atoms with E-state index in [9.17, 15) is 14.4 Å². The molecule has 0 aromatic carbocycles. The molecule has 0 atom stereocenters. The van der Waals surface area contributed by atoms with E-state index in [0.29, 0.717) is 12.0 Å². The van der Waals surface area contributed by atoms with E-state index >= 15 is 0 Å². The molecule has 0 bridgehead atoms. The predicted molar refractivity (Wildman–Crippen MR) is 59.2 cm³/mol. The summed E-state index contributed by atoms with van der Waals surface area (Å²) in [5, 5.41) is 0. The van der Waals surface area contributed by atoms with Gasteiger partial charge >= 0.3 is 11.9 Å². The summed E-state index contributed by atoms with van der Waals surface area (Å²) in [5.74, 6) is -1.30. The summed E-state index contributed by atoms with van der Waals surface area (Å²) in [6.07, 6.45) is 0.697. The Morgan fingerprint density at radius 3 is 2.35 bits per heavy atom. The van der Waals surface area contributed by atoms with Crippen LogP contribution >= 0.6 is 0 Å². The molecule has 0 aromatic rings. The lowest BCUT2D eigenvalue weighted by Gasteiger charge is -2.05. The maximum atomic E-state index is 11.6. The molecule has 17 heavy (non-hydrogen) atoms. The van der Waals surface area contributed by atoms with Crippen molar-refractivity contribution in [3.63, 3.8) is 0 Å². The van der Waals surface area contributed by atoms with Crippen LogP contribution in [0.5, 0.6) is 0 Å². The van der Waals surface area contributed by atoms with Crippen LogP contribution in [0, 0.1) is 0 Å². The van der Waals surface area contributed by atoms with Crippen molar-refractivity contribution in [2.45, 2.75) is 33.1 Å². The number of hydrogen-bond donors (Lipinski definition) is 0. The van der Waals surface area contributed by atoms with Crippen LogP contribution in [0.3, 0.4) is 0 Å². The maximum absolute atomic E-state index is 11.6. The van der Waals surface area contributed by atoms with Gasteiger partial charge in [0.15, 0.2) is 5.78 Å². The fourth-order valence-corrected chi connectivity index (χ4v) is 1.74. The summed E-state index contributed by atoms with van der Waals surface area (Å²) in [5.41, 5.74) is 0.576. The quantitative estimate of drug-likeness (QED) is 0.532. The van der Waals surface area contributed by atoms with Crippen molar-refractivity contribution in [2.24, 2.45) is 0 Å². The first kappa shape index (κ1) is 13.4. The van der Waals surface area contributed by atoms with Crippen molar-refractivity contribution >= 4 is 17.7 Å². The Balaban J connectivity index is 2.80. The van der Waals surface area contributed by atoms with Crippen molar-refractivity contribution in [3.8, 4) is 0 Å². The first-order valence-corrected chi connectivity index (χ1v) is 5.68. The Bertz CT molecular complexity index is 367. The highest BCUT2D eigenvalue weighted by molar-refractivity contribution is 6.19. The molecule has 0 unspecified atom stereocenters. The molecule has 0 heterocycles. The van der Waals surface area contributed by atoms with E-state index in [0.717, 1.165) is 0 Å². The van der Waals surface area contributed by atoms with Crippen LogP contribution in [0.4, 0.5) is 0 Å². The van der Waals surface area contributed by atoms with Crippen molar-refractivity contribution in [1.82, 2.24) is 0 Å².